The lowest BCUT2D eigenvalue weighted by Gasteiger charge is -2.08. The topological polar surface area (TPSA) is 49.3 Å². The van der Waals surface area contributed by atoms with Gasteiger partial charge >= 0.3 is 4.77 Å². The Morgan fingerprint density at radius 2 is 1.94 bits per heavy atom. The summed E-state index contributed by atoms with van der Waals surface area (Å²) in [6, 6.07) is 2.00. The van der Waals surface area contributed by atoms with E-state index in [1.807, 2.05) is 29.0 Å². The number of halogens is 1. The van der Waals surface area contributed by atoms with Gasteiger partial charge in [-0.3, -0.25) is 0 Å². The van der Waals surface area contributed by atoms with Crippen LogP contribution in [0, 0.1) is 18.6 Å². The molecule has 0 aliphatic rings. The predicted octanol–water partition coefficient (Wildman–Crippen LogP) is -2.89. The van der Waals surface area contributed by atoms with Gasteiger partial charge in [0.1, 0.15) is 24.5 Å². The highest BCUT2D eigenvalue weighted by Gasteiger charge is 2.12. The zero-order chi connectivity index (χ0) is 11.4. The van der Waals surface area contributed by atoms with E-state index in [1.54, 1.807) is 0 Å². The first-order valence-electron chi connectivity index (χ1n) is 4.94. The Morgan fingerprint density at radius 1 is 1.31 bits per heavy atom. The van der Waals surface area contributed by atoms with E-state index in [-0.39, 0.29) is 25.6 Å². The number of hydrogen-bond donors (Lipinski definition) is 2. The normalized spacial score (nSPS) is 10.0. The van der Waals surface area contributed by atoms with Crippen LogP contribution in [-0.4, -0.2) is 28.0 Å². The number of aliphatic hydroxyl groups excluding tert-OH is 2. The standard InChI is InChI=1S/C10H17N2O2S.ClH/c1-8-7-9(2)12(4-6-14)10(15)11(8)3-5-13;/h7,13-14H,3-6H2,1-2H3;1H/q+1;/p-1. The van der Waals surface area contributed by atoms with Crippen molar-refractivity contribution < 1.29 is 27.2 Å². The van der Waals surface area contributed by atoms with E-state index in [1.165, 1.54) is 0 Å². The average molecular weight is 265 g/mol. The van der Waals surface area contributed by atoms with Crippen molar-refractivity contribution in [1.82, 2.24) is 4.57 Å². The van der Waals surface area contributed by atoms with Crippen LogP contribution >= 0.6 is 12.2 Å². The van der Waals surface area contributed by atoms with Crippen LogP contribution in [0.15, 0.2) is 6.07 Å². The van der Waals surface area contributed by atoms with Gasteiger partial charge in [0, 0.05) is 18.3 Å². The molecular formula is C10H17ClN2O2S. The molecule has 16 heavy (non-hydrogen) atoms. The van der Waals surface area contributed by atoms with Gasteiger partial charge < -0.3 is 22.6 Å². The summed E-state index contributed by atoms with van der Waals surface area (Å²) in [7, 11) is 0. The molecule has 0 aliphatic heterocycles. The fourth-order valence-corrected chi connectivity index (χ4v) is 2.12. The third-order valence-electron chi connectivity index (χ3n) is 2.38. The molecule has 2 N–H and O–H groups in total. The monoisotopic (exact) mass is 264 g/mol. The smallest absolute Gasteiger partial charge is 0.351 e. The number of aromatic nitrogens is 2. The first-order chi connectivity index (χ1) is 7.11. The molecule has 0 fully saturated rings. The Bertz CT molecular complexity index is 373. The van der Waals surface area contributed by atoms with Crippen molar-refractivity contribution in [3.63, 3.8) is 0 Å². The summed E-state index contributed by atoms with van der Waals surface area (Å²) in [4.78, 5) is 0. The van der Waals surface area contributed by atoms with Crippen LogP contribution in [0.25, 0.3) is 0 Å². The highest BCUT2D eigenvalue weighted by Crippen LogP contribution is 2.01. The highest BCUT2D eigenvalue weighted by atomic mass is 35.5. The van der Waals surface area contributed by atoms with Gasteiger partial charge in [0.2, 0.25) is 0 Å². The van der Waals surface area contributed by atoms with Crippen LogP contribution in [0.3, 0.4) is 0 Å². The molecule has 6 heteroatoms. The minimum Gasteiger partial charge on any atom is -1.00 e. The van der Waals surface area contributed by atoms with E-state index in [9.17, 15) is 0 Å². The molecule has 0 aliphatic carbocycles. The second-order valence-corrected chi connectivity index (χ2v) is 3.83. The number of nitrogens with zero attached hydrogens (tertiary/aromatic N) is 2. The minimum atomic E-state index is 0. The quantitative estimate of drug-likeness (QED) is 0.454. The van der Waals surface area contributed by atoms with Gasteiger partial charge in [-0.15, -0.1) is 0 Å². The first kappa shape index (κ1) is 15.5. The summed E-state index contributed by atoms with van der Waals surface area (Å²) < 4.78 is 4.39. The second kappa shape index (κ2) is 6.96. The summed E-state index contributed by atoms with van der Waals surface area (Å²) in [5.74, 6) is 0. The SMILES string of the molecule is Cc1cc(C)[n+](CCO)c(=S)n1CCO.[Cl-]. The van der Waals surface area contributed by atoms with Gasteiger partial charge in [-0.25, -0.2) is 9.13 Å². The van der Waals surface area contributed by atoms with Gasteiger partial charge in [-0.2, -0.15) is 0 Å². The van der Waals surface area contributed by atoms with E-state index in [0.29, 0.717) is 17.9 Å². The van der Waals surface area contributed by atoms with Gasteiger partial charge in [0.15, 0.2) is 0 Å². The van der Waals surface area contributed by atoms with Crippen molar-refractivity contribution in [2.45, 2.75) is 26.9 Å². The van der Waals surface area contributed by atoms with Gasteiger partial charge in [-0.1, -0.05) is 0 Å². The number of aryl methyl sites for hydroxylation is 2. The highest BCUT2D eigenvalue weighted by molar-refractivity contribution is 7.71. The molecule has 0 amide bonds. The molecule has 92 valence electrons. The largest absolute Gasteiger partial charge is 1.00 e. The maximum Gasteiger partial charge on any atom is 0.351 e. The van der Waals surface area contributed by atoms with E-state index >= 15 is 0 Å². The molecule has 1 heterocycles. The van der Waals surface area contributed by atoms with Crippen molar-refractivity contribution in [3.8, 4) is 0 Å². The third kappa shape index (κ3) is 3.25. The zero-order valence-electron chi connectivity index (χ0n) is 9.48. The van der Waals surface area contributed by atoms with Crippen LogP contribution < -0.4 is 17.0 Å². The van der Waals surface area contributed by atoms with Crippen molar-refractivity contribution >= 4 is 12.2 Å². The minimum absolute atomic E-state index is 0. The number of rotatable bonds is 4. The fraction of sp³-hybridized carbons (Fsp3) is 0.600. The Hall–Kier alpha value is -0.490. The van der Waals surface area contributed by atoms with E-state index in [0.717, 1.165) is 11.4 Å². The Kier molecular flexibility index (Phi) is 6.74. The number of hydrogen-bond acceptors (Lipinski definition) is 3. The van der Waals surface area contributed by atoms with Crippen LogP contribution in [0.4, 0.5) is 0 Å². The van der Waals surface area contributed by atoms with Crippen molar-refractivity contribution in [1.29, 1.82) is 0 Å². The molecule has 0 aromatic carbocycles. The average Bonchev–Trinajstić information content (AvgIpc) is 2.19. The predicted molar refractivity (Wildman–Crippen MR) is 59.1 cm³/mol. The summed E-state index contributed by atoms with van der Waals surface area (Å²) in [6.45, 7) is 5.05. The first-order valence-corrected chi connectivity index (χ1v) is 5.35. The molecule has 1 aromatic heterocycles. The summed E-state index contributed by atoms with van der Waals surface area (Å²) >= 11 is 5.30. The third-order valence-corrected chi connectivity index (χ3v) is 2.82. The summed E-state index contributed by atoms with van der Waals surface area (Å²) in [5, 5.41) is 17.9. The van der Waals surface area contributed by atoms with Gasteiger partial charge in [0.25, 0.3) is 0 Å². The lowest BCUT2D eigenvalue weighted by Crippen LogP contribution is -3.00. The number of aliphatic hydroxyl groups is 2. The molecule has 1 rings (SSSR count). The second-order valence-electron chi connectivity index (χ2n) is 3.46. The van der Waals surface area contributed by atoms with Crippen LogP contribution in [0.2, 0.25) is 0 Å². The van der Waals surface area contributed by atoms with Crippen molar-refractivity contribution in [3.05, 3.63) is 22.2 Å². The molecule has 1 aromatic rings. The molecule has 0 unspecified atom stereocenters. The Labute approximate surface area is 107 Å². The van der Waals surface area contributed by atoms with Crippen LogP contribution in [-0.2, 0) is 13.1 Å². The van der Waals surface area contributed by atoms with E-state index < -0.39 is 0 Å². The molecule has 0 atom stereocenters. The van der Waals surface area contributed by atoms with Crippen molar-refractivity contribution in [2.24, 2.45) is 0 Å². The zero-order valence-corrected chi connectivity index (χ0v) is 11.1. The molecule has 0 bridgehead atoms. The fourth-order valence-electron chi connectivity index (χ4n) is 1.65. The Balaban J connectivity index is 0.00000225. The summed E-state index contributed by atoms with van der Waals surface area (Å²) in [6.07, 6.45) is 0. The maximum absolute atomic E-state index is 8.93. The Morgan fingerprint density at radius 3 is 2.44 bits per heavy atom. The molecular weight excluding hydrogens is 248 g/mol. The van der Waals surface area contributed by atoms with Gasteiger partial charge in [0.05, 0.1) is 13.2 Å². The van der Waals surface area contributed by atoms with E-state index in [4.69, 9.17) is 22.4 Å². The molecule has 0 radical (unpaired) electrons. The van der Waals surface area contributed by atoms with Gasteiger partial charge in [-0.05, 0) is 13.8 Å². The lowest BCUT2D eigenvalue weighted by atomic mass is 10.3. The van der Waals surface area contributed by atoms with Crippen LogP contribution in [0.5, 0.6) is 0 Å². The van der Waals surface area contributed by atoms with Crippen LogP contribution in [0.1, 0.15) is 11.4 Å². The van der Waals surface area contributed by atoms with E-state index in [2.05, 4.69) is 0 Å². The molecule has 0 spiro atoms. The van der Waals surface area contributed by atoms with Crippen molar-refractivity contribution in [2.75, 3.05) is 13.2 Å². The molecule has 4 nitrogen and oxygen atoms in total. The molecule has 0 saturated heterocycles. The molecule has 0 saturated carbocycles. The maximum atomic E-state index is 8.93. The summed E-state index contributed by atoms with van der Waals surface area (Å²) in [5.41, 5.74) is 2.06. The lowest BCUT2D eigenvalue weighted by molar-refractivity contribution is -0.714.